The lowest BCUT2D eigenvalue weighted by molar-refractivity contribution is -0.131. The van der Waals surface area contributed by atoms with Crippen LogP contribution in [0.2, 0.25) is 0 Å². The van der Waals surface area contributed by atoms with Crippen molar-refractivity contribution in [2.45, 2.75) is 84.0 Å². The first-order chi connectivity index (χ1) is 35.8. The molecule has 10 rings (SSSR count). The first-order valence-electron chi connectivity index (χ1n) is 25.9. The molecule has 6 heterocycles. The maximum absolute atomic E-state index is 15.8. The zero-order chi connectivity index (χ0) is 51.8. The third-order valence-electron chi connectivity index (χ3n) is 16.0. The second kappa shape index (κ2) is 21.3. The third kappa shape index (κ3) is 10.0. The van der Waals surface area contributed by atoms with Gasteiger partial charge in [-0.25, -0.2) is 8.78 Å². The molecule has 384 valence electrons. The molecule has 74 heavy (non-hydrogen) atoms. The van der Waals surface area contributed by atoms with Crippen LogP contribution in [0, 0.1) is 31.0 Å². The van der Waals surface area contributed by atoms with E-state index in [-0.39, 0.29) is 54.1 Å². The molecule has 0 spiro atoms. The number of anilines is 2. The largest absolute Gasteiger partial charge is 0.508 e. The lowest BCUT2D eigenvalue weighted by atomic mass is 9.89. The van der Waals surface area contributed by atoms with Crippen LogP contribution < -0.4 is 9.64 Å². The van der Waals surface area contributed by atoms with Gasteiger partial charge in [-0.3, -0.25) is 24.2 Å². The molecule has 4 aliphatic rings. The number of benzene rings is 4. The number of hydrogen-bond donors (Lipinski definition) is 1. The molecule has 2 atom stereocenters. The molecule has 0 bridgehead atoms. The normalized spacial score (nSPS) is 18.0. The van der Waals surface area contributed by atoms with Gasteiger partial charge in [-0.1, -0.05) is 36.8 Å². The second-order valence-corrected chi connectivity index (χ2v) is 20.5. The lowest BCUT2D eigenvalue weighted by Crippen LogP contribution is -2.51. The summed E-state index contributed by atoms with van der Waals surface area (Å²) in [5, 5.41) is 20.2. The first kappa shape index (κ1) is 50.3. The van der Waals surface area contributed by atoms with Crippen LogP contribution in [0.15, 0.2) is 91.0 Å². The number of carbonyl (C=O) groups is 3. The summed E-state index contributed by atoms with van der Waals surface area (Å²) in [5.41, 5.74) is 9.37. The van der Waals surface area contributed by atoms with Gasteiger partial charge >= 0.3 is 0 Å². The second-order valence-electron chi connectivity index (χ2n) is 20.5. The highest BCUT2D eigenvalue weighted by Gasteiger charge is 2.36. The van der Waals surface area contributed by atoms with Gasteiger partial charge in [0.05, 0.1) is 17.7 Å². The number of aromatic hydroxyl groups is 1. The number of hydrogen-bond acceptors (Lipinski definition) is 8. The maximum Gasteiger partial charge on any atom is 0.264 e. The number of ether oxygens (including phenoxy) is 1. The number of nitrogens with zero attached hydrogens (tertiary/aromatic N) is 8. The standard InChI is InChI=1S/C59H64F2N8O5/c1-38-51(59(73)69(45-13-15-48(70)16-14-45)55-30-46(33-62)63(3)39(55)2)32-56(64(38)4)52-27-41-18-24-67(57(71)29-42-12-17-49(31-54(42)61)74-50-19-23-66(37-50)25-20-60)34-44(41)28-53(52)58(72)68-35-43-11-7-6-10-40(43)26-47(68)36-65-21-8-5-9-22-65/h6-7,10-17,27-28,30-32,47,50,70H,5,8-9,18-26,29,34-37H2,1-4H3/t47-,50-/m0/s1. The number of fused-ring (bicyclic) bond motifs is 2. The maximum atomic E-state index is 15.8. The van der Waals surface area contributed by atoms with E-state index in [0.29, 0.717) is 95.6 Å². The summed E-state index contributed by atoms with van der Waals surface area (Å²) in [5.74, 6) is -0.830. The highest BCUT2D eigenvalue weighted by molar-refractivity contribution is 6.13. The highest BCUT2D eigenvalue weighted by atomic mass is 19.1. The van der Waals surface area contributed by atoms with Crippen molar-refractivity contribution >= 4 is 29.1 Å². The molecule has 2 aromatic heterocycles. The Morgan fingerprint density at radius 1 is 0.811 bits per heavy atom. The third-order valence-corrected chi connectivity index (χ3v) is 16.0. The fourth-order valence-corrected chi connectivity index (χ4v) is 11.5. The quantitative estimate of drug-likeness (QED) is 0.122. The van der Waals surface area contributed by atoms with Crippen LogP contribution >= 0.6 is 0 Å². The van der Waals surface area contributed by atoms with Crippen molar-refractivity contribution in [3.8, 4) is 28.8 Å². The molecule has 0 saturated carbocycles. The molecule has 0 unspecified atom stereocenters. The van der Waals surface area contributed by atoms with Crippen LogP contribution in [0.25, 0.3) is 11.3 Å². The Kier molecular flexibility index (Phi) is 14.5. The Hall–Kier alpha value is -7.28. The molecule has 2 fully saturated rings. The zero-order valence-electron chi connectivity index (χ0n) is 42.7. The van der Waals surface area contributed by atoms with Gasteiger partial charge in [0, 0.05) is 106 Å². The summed E-state index contributed by atoms with van der Waals surface area (Å²) >= 11 is 0. The number of phenolic OH excluding ortho intramolecular Hbond substituents is 1. The van der Waals surface area contributed by atoms with Gasteiger partial charge in [-0.05, 0) is 141 Å². The highest BCUT2D eigenvalue weighted by Crippen LogP contribution is 2.39. The number of likely N-dealkylation sites (tertiary alicyclic amines) is 2. The summed E-state index contributed by atoms with van der Waals surface area (Å²) in [6.07, 6.45) is 5.07. The molecular formula is C59H64F2N8O5. The average molecular weight is 1000 g/mol. The Morgan fingerprint density at radius 3 is 2.31 bits per heavy atom. The number of halogens is 2. The van der Waals surface area contributed by atoms with Crippen molar-refractivity contribution in [1.29, 1.82) is 5.26 Å². The van der Waals surface area contributed by atoms with E-state index in [2.05, 4.69) is 35.2 Å². The predicted molar refractivity (Wildman–Crippen MR) is 280 cm³/mol. The Labute approximate surface area is 431 Å². The van der Waals surface area contributed by atoms with Crippen molar-refractivity contribution in [1.82, 2.24) is 28.7 Å². The molecule has 4 aromatic carbocycles. The number of aromatic nitrogens is 2. The topological polar surface area (TPSA) is 131 Å². The monoisotopic (exact) mass is 1000 g/mol. The van der Waals surface area contributed by atoms with E-state index >= 15 is 14.0 Å². The summed E-state index contributed by atoms with van der Waals surface area (Å²) in [6.45, 7) is 8.72. The summed E-state index contributed by atoms with van der Waals surface area (Å²) < 4.78 is 38.3. The fourth-order valence-electron chi connectivity index (χ4n) is 11.5. The molecule has 13 nitrogen and oxygen atoms in total. The number of amides is 3. The van der Waals surface area contributed by atoms with Crippen LogP contribution in [0.5, 0.6) is 11.5 Å². The summed E-state index contributed by atoms with van der Waals surface area (Å²) in [4.78, 5) is 54.9. The van der Waals surface area contributed by atoms with Gasteiger partial charge in [-0.15, -0.1) is 0 Å². The molecule has 4 aliphatic heterocycles. The van der Waals surface area contributed by atoms with Gasteiger partial charge < -0.3 is 33.7 Å². The molecule has 3 amide bonds. The molecule has 1 N–H and O–H groups in total. The molecule has 15 heteroatoms. The Balaban J connectivity index is 1.00. The number of carbonyl (C=O) groups excluding carboxylic acids is 3. The summed E-state index contributed by atoms with van der Waals surface area (Å²) in [6, 6.07) is 29.0. The average Bonchev–Trinajstić information content (AvgIpc) is 4.07. The molecular weight excluding hydrogens is 939 g/mol. The van der Waals surface area contributed by atoms with Crippen molar-refractivity contribution in [3.05, 3.63) is 153 Å². The minimum absolute atomic E-state index is 0.0453. The number of piperidine rings is 1. The van der Waals surface area contributed by atoms with Gasteiger partial charge in [0.2, 0.25) is 5.91 Å². The zero-order valence-corrected chi connectivity index (χ0v) is 42.7. The molecule has 2 saturated heterocycles. The van der Waals surface area contributed by atoms with E-state index in [1.54, 1.807) is 51.7 Å². The van der Waals surface area contributed by atoms with Crippen LogP contribution in [0.3, 0.4) is 0 Å². The molecule has 0 aliphatic carbocycles. The fraction of sp³-hybridized carbons (Fsp3) is 0.390. The van der Waals surface area contributed by atoms with Gasteiger partial charge in [0.25, 0.3) is 11.8 Å². The van der Waals surface area contributed by atoms with Crippen LogP contribution in [0.1, 0.15) is 91.3 Å². The van der Waals surface area contributed by atoms with Crippen molar-refractivity contribution in [2.75, 3.05) is 57.4 Å². The predicted octanol–water partition coefficient (Wildman–Crippen LogP) is 8.95. The molecule has 6 aromatic rings. The van der Waals surface area contributed by atoms with E-state index in [1.807, 2.05) is 53.5 Å². The van der Waals surface area contributed by atoms with Crippen LogP contribution in [-0.4, -0.2) is 116 Å². The van der Waals surface area contributed by atoms with Gasteiger partial charge in [0.1, 0.15) is 41.9 Å². The Bertz CT molecular complexity index is 3150. The van der Waals surface area contributed by atoms with Gasteiger partial charge in [0.15, 0.2) is 0 Å². The van der Waals surface area contributed by atoms with Crippen molar-refractivity contribution in [2.24, 2.45) is 14.1 Å². The van der Waals surface area contributed by atoms with Gasteiger partial charge in [-0.2, -0.15) is 5.26 Å². The molecule has 0 radical (unpaired) electrons. The van der Waals surface area contributed by atoms with E-state index in [1.165, 1.54) is 30.2 Å². The number of rotatable bonds is 13. The van der Waals surface area contributed by atoms with Crippen LogP contribution in [-0.2, 0) is 51.2 Å². The van der Waals surface area contributed by atoms with Crippen molar-refractivity contribution < 1.29 is 33.0 Å². The van der Waals surface area contributed by atoms with E-state index in [0.717, 1.165) is 62.1 Å². The van der Waals surface area contributed by atoms with E-state index < -0.39 is 12.5 Å². The SMILES string of the molecule is Cc1c(N(C(=O)c2cc(-c3cc4c(cc3C(=O)N3Cc5ccccc5C[C@H]3CN3CCCCC3)CN(C(=O)Cc3ccc(O[C@H]5CCN(CCF)C5)cc3F)CC4)n(C)c2C)c2ccc(O)cc2)cc(C#N)n1C. The smallest absolute Gasteiger partial charge is 0.264 e. The summed E-state index contributed by atoms with van der Waals surface area (Å²) in [7, 11) is 3.68. The van der Waals surface area contributed by atoms with Crippen molar-refractivity contribution in [3.63, 3.8) is 0 Å². The minimum atomic E-state index is -0.528. The Morgan fingerprint density at radius 2 is 1.58 bits per heavy atom. The number of phenols is 1. The number of nitriles is 1. The van der Waals surface area contributed by atoms with E-state index in [9.17, 15) is 19.6 Å². The lowest BCUT2D eigenvalue weighted by Gasteiger charge is -2.41. The van der Waals surface area contributed by atoms with E-state index in [4.69, 9.17) is 4.74 Å². The number of alkyl halides is 1. The first-order valence-corrected chi connectivity index (χ1v) is 25.9. The minimum Gasteiger partial charge on any atom is -0.508 e. The van der Waals surface area contributed by atoms with Crippen LogP contribution in [0.4, 0.5) is 20.2 Å².